The Bertz CT molecular complexity index is 915. The number of hydrogen-bond donors (Lipinski definition) is 2. The first-order valence-electron chi connectivity index (χ1n) is 10.5. The van der Waals surface area contributed by atoms with E-state index in [0.29, 0.717) is 19.3 Å². The number of allylic oxidation sites excluding steroid dienone is 3. The van der Waals surface area contributed by atoms with Crippen LogP contribution in [-0.2, 0) is 23.9 Å². The quantitative estimate of drug-likeness (QED) is 0.677. The molecule has 0 aliphatic heterocycles. The summed E-state index contributed by atoms with van der Waals surface area (Å²) in [7, 11) is 0. The molecular weight excluding hydrogens is 388 g/mol. The fourth-order valence-corrected chi connectivity index (χ4v) is 6.86. The van der Waals surface area contributed by atoms with Crippen LogP contribution in [0, 0.1) is 28.6 Å². The van der Waals surface area contributed by atoms with Crippen LogP contribution in [0.4, 0.5) is 0 Å². The molecule has 4 aliphatic rings. The second-order valence-electron chi connectivity index (χ2n) is 9.80. The molecule has 0 saturated heterocycles. The van der Waals surface area contributed by atoms with Gasteiger partial charge in [-0.25, -0.2) is 0 Å². The number of hydrogen-bond acceptors (Lipinski definition) is 7. The first-order valence-corrected chi connectivity index (χ1v) is 10.5. The molecule has 3 fully saturated rings. The number of Topliss-reactive ketones (excluding diaryl/α,β-unsaturated/α-hetero) is 2. The third kappa shape index (κ3) is 2.67. The molecular formula is C23H28O7. The van der Waals surface area contributed by atoms with Gasteiger partial charge in [0.2, 0.25) is 11.6 Å². The Morgan fingerprint density at radius 3 is 2.60 bits per heavy atom. The number of ketones is 3. The molecule has 6 atom stereocenters. The lowest BCUT2D eigenvalue weighted by Gasteiger charge is -2.56. The predicted molar refractivity (Wildman–Crippen MR) is 105 cm³/mol. The van der Waals surface area contributed by atoms with Crippen LogP contribution in [0.25, 0.3) is 0 Å². The van der Waals surface area contributed by atoms with E-state index in [0.717, 1.165) is 5.57 Å². The van der Waals surface area contributed by atoms with Gasteiger partial charge in [-0.05, 0) is 49.7 Å². The molecule has 0 heterocycles. The molecule has 0 aromatic heterocycles. The van der Waals surface area contributed by atoms with Crippen LogP contribution >= 0.6 is 0 Å². The highest BCUT2D eigenvalue weighted by Crippen LogP contribution is 2.66. The molecule has 2 N–H and O–H groups in total. The molecule has 0 aromatic carbocycles. The Hall–Kier alpha value is -2.28. The Labute approximate surface area is 175 Å². The number of esters is 1. The molecule has 0 aromatic rings. The number of aliphatic hydroxyl groups excluding tert-OH is 1. The molecule has 0 radical (unpaired) electrons. The molecule has 0 unspecified atom stereocenters. The van der Waals surface area contributed by atoms with Crippen molar-refractivity contribution < 1.29 is 34.1 Å². The summed E-state index contributed by atoms with van der Waals surface area (Å²) >= 11 is 0. The zero-order chi connectivity index (χ0) is 22.1. The van der Waals surface area contributed by atoms with E-state index in [1.54, 1.807) is 6.92 Å². The maximum atomic E-state index is 13.5. The van der Waals surface area contributed by atoms with Crippen LogP contribution in [0.5, 0.6) is 0 Å². The van der Waals surface area contributed by atoms with E-state index >= 15 is 0 Å². The highest BCUT2D eigenvalue weighted by Gasteiger charge is 2.68. The number of rotatable bonds is 3. The van der Waals surface area contributed by atoms with E-state index in [9.17, 15) is 29.4 Å². The number of ether oxygens (including phenoxy) is 1. The maximum Gasteiger partial charge on any atom is 0.303 e. The second kappa shape index (κ2) is 6.61. The number of aliphatic hydroxyl groups is 2. The van der Waals surface area contributed by atoms with Crippen LogP contribution in [0.15, 0.2) is 23.5 Å². The molecule has 30 heavy (non-hydrogen) atoms. The van der Waals surface area contributed by atoms with Crippen LogP contribution in [0.3, 0.4) is 0 Å². The van der Waals surface area contributed by atoms with Crippen molar-refractivity contribution in [3.63, 3.8) is 0 Å². The average molecular weight is 416 g/mol. The van der Waals surface area contributed by atoms with Crippen molar-refractivity contribution in [1.29, 1.82) is 0 Å². The highest BCUT2D eigenvalue weighted by atomic mass is 16.5. The Balaban J connectivity index is 1.69. The van der Waals surface area contributed by atoms with Gasteiger partial charge in [0, 0.05) is 30.1 Å². The third-order valence-corrected chi connectivity index (χ3v) is 8.36. The van der Waals surface area contributed by atoms with Gasteiger partial charge >= 0.3 is 5.97 Å². The minimum atomic E-state index is -1.72. The van der Waals surface area contributed by atoms with Crippen molar-refractivity contribution >= 4 is 23.3 Å². The molecule has 3 saturated carbocycles. The normalized spacial score (nSPS) is 42.5. The molecule has 4 rings (SSSR count). The minimum Gasteiger partial charge on any atom is -0.504 e. The third-order valence-electron chi connectivity index (χ3n) is 8.36. The van der Waals surface area contributed by atoms with Crippen molar-refractivity contribution in [3.05, 3.63) is 23.5 Å². The molecule has 4 aliphatic carbocycles. The number of fused-ring (bicyclic) bond motifs is 5. The van der Waals surface area contributed by atoms with E-state index in [-0.39, 0.29) is 36.2 Å². The summed E-state index contributed by atoms with van der Waals surface area (Å²) in [5.41, 5.74) is -2.52. The molecule has 162 valence electrons. The van der Waals surface area contributed by atoms with Gasteiger partial charge in [0.05, 0.1) is 0 Å². The van der Waals surface area contributed by atoms with Crippen molar-refractivity contribution in [2.75, 3.05) is 6.61 Å². The van der Waals surface area contributed by atoms with E-state index in [1.165, 1.54) is 19.1 Å². The first-order chi connectivity index (χ1) is 13.9. The van der Waals surface area contributed by atoms with Crippen molar-refractivity contribution in [3.8, 4) is 0 Å². The lowest BCUT2D eigenvalue weighted by atomic mass is 9.46. The molecule has 0 spiro atoms. The van der Waals surface area contributed by atoms with E-state index in [1.807, 2.05) is 6.92 Å². The molecule has 0 bridgehead atoms. The van der Waals surface area contributed by atoms with Gasteiger partial charge in [-0.15, -0.1) is 0 Å². The van der Waals surface area contributed by atoms with Crippen molar-refractivity contribution in [2.45, 2.75) is 58.5 Å². The summed E-state index contributed by atoms with van der Waals surface area (Å²) in [6.07, 6.45) is 5.16. The van der Waals surface area contributed by atoms with Gasteiger partial charge in [0.1, 0.15) is 11.4 Å². The lowest BCUT2D eigenvalue weighted by Crippen LogP contribution is -2.60. The zero-order valence-corrected chi connectivity index (χ0v) is 17.6. The number of carbonyl (C=O) groups excluding carboxylic acids is 4. The van der Waals surface area contributed by atoms with Crippen molar-refractivity contribution in [1.82, 2.24) is 0 Å². The summed E-state index contributed by atoms with van der Waals surface area (Å²) in [5.74, 6) is -2.50. The summed E-state index contributed by atoms with van der Waals surface area (Å²) < 4.78 is 4.84. The van der Waals surface area contributed by atoms with Crippen molar-refractivity contribution in [2.24, 2.45) is 28.6 Å². The molecule has 7 nitrogen and oxygen atoms in total. The standard InChI is InChI=1S/C23H28O7/c1-12(24)30-11-19(28)23(29)7-6-15-14-5-4-13-8-16(25)17(26)9-21(13,2)20(14)18(27)10-22(15,23)3/h8-9,14-15,20,26,29H,4-7,10-11H2,1-3H3/t14-,15-,20+,21-,22-,23-/m0/s1. The highest BCUT2D eigenvalue weighted by molar-refractivity contribution is 6.04. The first kappa shape index (κ1) is 21.0. The van der Waals surface area contributed by atoms with Crippen LogP contribution in [-0.4, -0.2) is 45.7 Å². The molecule has 7 heteroatoms. The monoisotopic (exact) mass is 416 g/mol. The fourth-order valence-electron chi connectivity index (χ4n) is 6.86. The summed E-state index contributed by atoms with van der Waals surface area (Å²) in [6.45, 7) is 4.40. The SMILES string of the molecule is CC(=O)OCC(=O)[C@@]1(O)CC[C@H]2[C@@H]3CCC4=CC(=O)C(O)=C[C@]4(C)[C@H]3C(=O)C[C@@]21C. The average Bonchev–Trinajstić information content (AvgIpc) is 2.92. The minimum absolute atomic E-state index is 0.0343. The van der Waals surface area contributed by atoms with E-state index in [2.05, 4.69) is 0 Å². The van der Waals surface area contributed by atoms with Gasteiger partial charge < -0.3 is 14.9 Å². The second-order valence-corrected chi connectivity index (χ2v) is 9.80. The Morgan fingerprint density at radius 1 is 1.23 bits per heavy atom. The van der Waals surface area contributed by atoms with E-state index in [4.69, 9.17) is 4.74 Å². The maximum absolute atomic E-state index is 13.5. The van der Waals surface area contributed by atoms with Crippen LogP contribution < -0.4 is 0 Å². The lowest BCUT2D eigenvalue weighted by molar-refractivity contribution is -0.172. The summed E-state index contributed by atoms with van der Waals surface area (Å²) in [5, 5.41) is 21.5. The Morgan fingerprint density at radius 2 is 1.93 bits per heavy atom. The largest absolute Gasteiger partial charge is 0.504 e. The smallest absolute Gasteiger partial charge is 0.303 e. The van der Waals surface area contributed by atoms with Crippen LogP contribution in [0.1, 0.15) is 52.9 Å². The van der Waals surface area contributed by atoms with Crippen LogP contribution in [0.2, 0.25) is 0 Å². The topological polar surface area (TPSA) is 118 Å². The molecule has 0 amide bonds. The predicted octanol–water partition coefficient (Wildman–Crippen LogP) is 2.22. The van der Waals surface area contributed by atoms with Gasteiger partial charge in [-0.2, -0.15) is 0 Å². The summed E-state index contributed by atoms with van der Waals surface area (Å²) in [4.78, 5) is 49.4. The Kier molecular flexibility index (Phi) is 4.62. The summed E-state index contributed by atoms with van der Waals surface area (Å²) in [6, 6.07) is 0. The number of carbonyl (C=O) groups is 4. The van der Waals surface area contributed by atoms with Gasteiger partial charge in [-0.3, -0.25) is 19.2 Å². The van der Waals surface area contributed by atoms with E-state index < -0.39 is 46.5 Å². The zero-order valence-electron chi connectivity index (χ0n) is 17.6. The van der Waals surface area contributed by atoms with Gasteiger partial charge in [-0.1, -0.05) is 19.4 Å². The fraction of sp³-hybridized carbons (Fsp3) is 0.652. The van der Waals surface area contributed by atoms with Gasteiger partial charge in [0.25, 0.3) is 0 Å². The van der Waals surface area contributed by atoms with Gasteiger partial charge in [0.15, 0.2) is 12.4 Å².